The monoisotopic (exact) mass is 229 g/mol. The van der Waals surface area contributed by atoms with Crippen molar-refractivity contribution in [2.75, 3.05) is 11.5 Å². The highest BCUT2D eigenvalue weighted by Crippen LogP contribution is 2.34. The van der Waals surface area contributed by atoms with Gasteiger partial charge in [-0.15, -0.1) is 11.3 Å². The van der Waals surface area contributed by atoms with Gasteiger partial charge in [0.2, 0.25) is 0 Å². The smallest absolute Gasteiger partial charge is 0.0967 e. The average Bonchev–Trinajstić information content (AvgIpc) is 2.68. The molecule has 2 unspecified atom stereocenters. The molecule has 1 aromatic rings. The molecule has 2 atom stereocenters. The van der Waals surface area contributed by atoms with Gasteiger partial charge in [-0.3, -0.25) is 0 Å². The van der Waals surface area contributed by atoms with E-state index in [0.29, 0.717) is 5.92 Å². The van der Waals surface area contributed by atoms with Crippen LogP contribution in [0.5, 0.6) is 0 Å². The van der Waals surface area contributed by atoms with Crippen LogP contribution in [0.3, 0.4) is 0 Å². The van der Waals surface area contributed by atoms with E-state index in [9.17, 15) is 5.11 Å². The van der Waals surface area contributed by atoms with Gasteiger partial charge in [0.1, 0.15) is 0 Å². The van der Waals surface area contributed by atoms with Gasteiger partial charge in [-0.2, -0.15) is 11.8 Å². The normalized spacial score (nSPS) is 24.9. The summed E-state index contributed by atoms with van der Waals surface area (Å²) >= 11 is 3.69. The van der Waals surface area contributed by atoms with Crippen molar-refractivity contribution in [1.82, 2.24) is 4.98 Å². The molecule has 1 saturated heterocycles. The van der Waals surface area contributed by atoms with Gasteiger partial charge in [0.05, 0.1) is 16.0 Å². The second-order valence-corrected chi connectivity index (χ2v) is 5.93. The molecule has 0 bridgehead atoms. The van der Waals surface area contributed by atoms with Crippen LogP contribution >= 0.6 is 23.1 Å². The predicted molar refractivity (Wildman–Crippen MR) is 62.0 cm³/mol. The molecule has 1 aliphatic rings. The Morgan fingerprint density at radius 1 is 1.64 bits per heavy atom. The molecule has 1 aromatic heterocycles. The van der Waals surface area contributed by atoms with E-state index in [1.807, 2.05) is 18.0 Å². The van der Waals surface area contributed by atoms with Gasteiger partial charge >= 0.3 is 0 Å². The number of hydrogen-bond acceptors (Lipinski definition) is 4. The molecule has 14 heavy (non-hydrogen) atoms. The second kappa shape index (κ2) is 4.64. The summed E-state index contributed by atoms with van der Waals surface area (Å²) in [6.07, 6.45) is 4.03. The Hall–Kier alpha value is -0.0600. The lowest BCUT2D eigenvalue weighted by atomic mass is 10.1. The number of aromatic nitrogens is 1. The van der Waals surface area contributed by atoms with E-state index in [0.717, 1.165) is 4.88 Å². The maximum absolute atomic E-state index is 9.40. The van der Waals surface area contributed by atoms with Gasteiger partial charge in [-0.25, -0.2) is 4.98 Å². The summed E-state index contributed by atoms with van der Waals surface area (Å²) in [7, 11) is 0. The fraction of sp³-hybridized carbons (Fsp3) is 0.700. The number of hydrogen-bond donors (Lipinski definition) is 1. The molecule has 0 aromatic carbocycles. The second-order valence-electron chi connectivity index (χ2n) is 3.69. The summed E-state index contributed by atoms with van der Waals surface area (Å²) in [4.78, 5) is 5.40. The minimum atomic E-state index is -0.363. The van der Waals surface area contributed by atoms with Crippen LogP contribution in [0.2, 0.25) is 0 Å². The Kier molecular flexibility index (Phi) is 3.47. The van der Waals surface area contributed by atoms with Crippen molar-refractivity contribution in [3.05, 3.63) is 16.1 Å². The van der Waals surface area contributed by atoms with Crippen molar-refractivity contribution >= 4 is 23.1 Å². The van der Waals surface area contributed by atoms with E-state index in [4.69, 9.17) is 0 Å². The van der Waals surface area contributed by atoms with E-state index in [1.54, 1.807) is 18.3 Å². The first kappa shape index (κ1) is 10.5. The van der Waals surface area contributed by atoms with Crippen molar-refractivity contribution in [1.29, 1.82) is 0 Å². The molecule has 0 aliphatic carbocycles. The van der Waals surface area contributed by atoms with Crippen molar-refractivity contribution in [3.63, 3.8) is 0 Å². The maximum Gasteiger partial charge on any atom is 0.0967 e. The van der Waals surface area contributed by atoms with Crippen molar-refractivity contribution in [2.45, 2.75) is 31.8 Å². The minimum Gasteiger partial charge on any atom is -0.388 e. The lowest BCUT2D eigenvalue weighted by Gasteiger charge is -2.18. The number of thiazole rings is 1. The highest BCUT2D eigenvalue weighted by molar-refractivity contribution is 7.99. The van der Waals surface area contributed by atoms with E-state index in [-0.39, 0.29) is 6.10 Å². The van der Waals surface area contributed by atoms with Crippen molar-refractivity contribution in [2.24, 2.45) is 0 Å². The summed E-state index contributed by atoms with van der Waals surface area (Å²) in [6.45, 7) is 1.80. The summed E-state index contributed by atoms with van der Waals surface area (Å²) < 4.78 is 0. The topological polar surface area (TPSA) is 33.1 Å². The number of aliphatic hydroxyl groups excluding tert-OH is 1. The Morgan fingerprint density at radius 3 is 3.07 bits per heavy atom. The number of thioether (sulfide) groups is 1. The molecule has 0 saturated carbocycles. The summed E-state index contributed by atoms with van der Waals surface area (Å²) in [5.41, 5.74) is 0. The molecule has 4 heteroatoms. The Balaban J connectivity index is 2.07. The summed E-state index contributed by atoms with van der Waals surface area (Å²) in [5, 5.41) is 10.6. The number of rotatable bonds is 2. The van der Waals surface area contributed by atoms with Crippen LogP contribution in [0.4, 0.5) is 0 Å². The van der Waals surface area contributed by atoms with Crippen molar-refractivity contribution in [3.8, 4) is 0 Å². The lowest BCUT2D eigenvalue weighted by molar-refractivity contribution is 0.203. The fourth-order valence-electron chi connectivity index (χ4n) is 1.62. The van der Waals surface area contributed by atoms with Crippen LogP contribution in [0, 0.1) is 0 Å². The quantitative estimate of drug-likeness (QED) is 0.846. The fourth-order valence-corrected chi connectivity index (χ4v) is 3.86. The van der Waals surface area contributed by atoms with Crippen LogP contribution in [-0.2, 0) is 0 Å². The zero-order chi connectivity index (χ0) is 9.97. The lowest BCUT2D eigenvalue weighted by Crippen LogP contribution is -2.07. The zero-order valence-corrected chi connectivity index (χ0v) is 9.90. The predicted octanol–water partition coefficient (Wildman–Crippen LogP) is 2.81. The SMILES string of the molecule is CC(O)c1cnc(C2CCCSC2)s1. The first-order valence-corrected chi connectivity index (χ1v) is 6.96. The molecule has 1 fully saturated rings. The first-order valence-electron chi connectivity index (χ1n) is 4.99. The van der Waals surface area contributed by atoms with E-state index in [1.165, 1.54) is 29.4 Å². The highest BCUT2D eigenvalue weighted by Gasteiger charge is 2.19. The molecule has 0 radical (unpaired) electrons. The number of aliphatic hydroxyl groups is 1. The molecule has 1 N–H and O–H groups in total. The molecule has 2 rings (SSSR count). The van der Waals surface area contributed by atoms with Crippen LogP contribution in [0.25, 0.3) is 0 Å². The van der Waals surface area contributed by atoms with Crippen LogP contribution < -0.4 is 0 Å². The van der Waals surface area contributed by atoms with Crippen LogP contribution in [-0.4, -0.2) is 21.6 Å². The van der Waals surface area contributed by atoms with Crippen LogP contribution in [0.15, 0.2) is 6.20 Å². The summed E-state index contributed by atoms with van der Waals surface area (Å²) in [6, 6.07) is 0. The van der Waals surface area contributed by atoms with E-state index >= 15 is 0 Å². The molecule has 2 nitrogen and oxygen atoms in total. The van der Waals surface area contributed by atoms with Gasteiger partial charge < -0.3 is 5.11 Å². The largest absolute Gasteiger partial charge is 0.388 e. The third kappa shape index (κ3) is 2.30. The van der Waals surface area contributed by atoms with Crippen LogP contribution in [0.1, 0.15) is 41.7 Å². The van der Waals surface area contributed by atoms with Gasteiger partial charge in [0.15, 0.2) is 0 Å². The number of nitrogens with zero attached hydrogens (tertiary/aromatic N) is 1. The van der Waals surface area contributed by atoms with E-state index < -0.39 is 0 Å². The molecular weight excluding hydrogens is 214 g/mol. The molecule has 0 spiro atoms. The molecule has 0 amide bonds. The average molecular weight is 229 g/mol. The Labute approximate surface area is 92.8 Å². The maximum atomic E-state index is 9.40. The van der Waals surface area contributed by atoms with Crippen molar-refractivity contribution < 1.29 is 5.11 Å². The third-order valence-corrected chi connectivity index (χ3v) is 5.01. The Bertz CT molecular complexity index is 292. The van der Waals surface area contributed by atoms with Gasteiger partial charge in [0, 0.05) is 17.9 Å². The first-order chi connectivity index (χ1) is 6.77. The molecule has 2 heterocycles. The highest BCUT2D eigenvalue weighted by atomic mass is 32.2. The van der Waals surface area contributed by atoms with Gasteiger partial charge in [-0.05, 0) is 25.5 Å². The standard InChI is InChI=1S/C10H15NOS2/c1-7(12)9-5-11-10(14-9)8-3-2-4-13-6-8/h5,7-8,12H,2-4,6H2,1H3. The third-order valence-electron chi connectivity index (χ3n) is 2.46. The Morgan fingerprint density at radius 2 is 2.50 bits per heavy atom. The zero-order valence-electron chi connectivity index (χ0n) is 8.27. The molecular formula is C10H15NOS2. The molecule has 1 aliphatic heterocycles. The molecule has 78 valence electrons. The van der Waals surface area contributed by atoms with Gasteiger partial charge in [-0.1, -0.05) is 0 Å². The van der Waals surface area contributed by atoms with E-state index in [2.05, 4.69) is 4.98 Å². The summed E-state index contributed by atoms with van der Waals surface area (Å²) in [5.74, 6) is 3.13. The minimum absolute atomic E-state index is 0.363. The van der Waals surface area contributed by atoms with Gasteiger partial charge in [0.25, 0.3) is 0 Å².